The second kappa shape index (κ2) is 8.41. The molecule has 0 aromatic rings. The maximum absolute atomic E-state index is 6.50. The molecule has 1 saturated carbocycles. The van der Waals surface area contributed by atoms with E-state index in [-0.39, 0.29) is 17.1 Å². The van der Waals surface area contributed by atoms with Crippen molar-refractivity contribution in [3.05, 3.63) is 23.4 Å². The molecule has 0 N–H and O–H groups in total. The quantitative estimate of drug-likeness (QED) is 0.432. The number of nitrogens with zero attached hydrogens (tertiary/aromatic N) is 1. The first-order chi connectivity index (χ1) is 12.7. The monoisotopic (exact) mass is 375 g/mol. The van der Waals surface area contributed by atoms with E-state index in [2.05, 4.69) is 73.2 Å². The Morgan fingerprint density at radius 3 is 2.11 bits per heavy atom. The van der Waals surface area contributed by atoms with Crippen LogP contribution in [0.4, 0.5) is 0 Å². The summed E-state index contributed by atoms with van der Waals surface area (Å²) >= 11 is 0. The normalized spacial score (nSPS) is 32.6. The zero-order valence-corrected chi connectivity index (χ0v) is 18.9. The molecule has 1 aliphatic carbocycles. The Bertz CT molecular complexity index is 598. The highest BCUT2D eigenvalue weighted by Gasteiger charge is 2.72. The van der Waals surface area contributed by atoms with Crippen molar-refractivity contribution in [3.63, 3.8) is 0 Å². The molecule has 3 heteroatoms. The molecule has 0 bridgehead atoms. The molecule has 1 aliphatic heterocycles. The minimum absolute atomic E-state index is 0.0272. The maximum Gasteiger partial charge on any atom is 0.286 e. The van der Waals surface area contributed by atoms with Crippen molar-refractivity contribution in [1.29, 1.82) is 0 Å². The summed E-state index contributed by atoms with van der Waals surface area (Å²) in [5, 5.41) is 0. The van der Waals surface area contributed by atoms with Gasteiger partial charge >= 0.3 is 0 Å². The molecule has 2 aliphatic rings. The third kappa shape index (κ3) is 3.84. The third-order valence-electron chi connectivity index (χ3n) is 6.69. The SMILES string of the molecule is C=NC1(CC)/C(=C2\OC(CC(C)C)=CC(CC(C)C)[C@H](C)O2)C1(CC)CC. The molecular formula is C24H41NO2. The van der Waals surface area contributed by atoms with Crippen LogP contribution in [0.25, 0.3) is 0 Å². The van der Waals surface area contributed by atoms with E-state index >= 15 is 0 Å². The van der Waals surface area contributed by atoms with Gasteiger partial charge in [-0.25, -0.2) is 0 Å². The second-order valence-electron chi connectivity index (χ2n) is 9.27. The molecular weight excluding hydrogens is 334 g/mol. The standard InChI is InChI=1S/C24H41NO2/c1-10-23(11-2)21(24(23,12-3)25-9)22-26-18(8)19(13-16(4)5)15-20(27-22)14-17(6)7/h15-19H,9-14H2,1-8H3/b22-21-/t18-,19?,24?/m0/s1. The van der Waals surface area contributed by atoms with Gasteiger partial charge in [0.25, 0.3) is 5.95 Å². The van der Waals surface area contributed by atoms with Crippen LogP contribution in [0.3, 0.4) is 0 Å². The zero-order valence-electron chi connectivity index (χ0n) is 18.9. The molecule has 0 radical (unpaired) electrons. The average molecular weight is 376 g/mol. The number of allylic oxidation sites excluding steroid dienone is 1. The summed E-state index contributed by atoms with van der Waals surface area (Å²) in [6.07, 6.45) is 7.49. The molecule has 154 valence electrons. The van der Waals surface area contributed by atoms with Crippen molar-refractivity contribution in [2.45, 2.75) is 99.1 Å². The molecule has 2 rings (SSSR count). The lowest BCUT2D eigenvalue weighted by Gasteiger charge is -2.21. The van der Waals surface area contributed by atoms with Crippen LogP contribution in [0, 0.1) is 23.2 Å². The second-order valence-corrected chi connectivity index (χ2v) is 9.27. The number of rotatable bonds is 8. The van der Waals surface area contributed by atoms with Crippen molar-refractivity contribution < 1.29 is 9.47 Å². The van der Waals surface area contributed by atoms with Gasteiger partial charge in [0.2, 0.25) is 0 Å². The van der Waals surface area contributed by atoms with Gasteiger partial charge in [0.1, 0.15) is 11.9 Å². The summed E-state index contributed by atoms with van der Waals surface area (Å²) < 4.78 is 13.0. The molecule has 1 fully saturated rings. The Morgan fingerprint density at radius 1 is 1.07 bits per heavy atom. The zero-order chi connectivity index (χ0) is 20.4. The van der Waals surface area contributed by atoms with Crippen molar-refractivity contribution in [1.82, 2.24) is 0 Å². The van der Waals surface area contributed by atoms with Crippen LogP contribution in [0.2, 0.25) is 0 Å². The van der Waals surface area contributed by atoms with E-state index in [4.69, 9.17) is 9.47 Å². The molecule has 0 saturated heterocycles. The molecule has 0 aromatic heterocycles. The molecule has 2 unspecified atom stereocenters. The number of hydrogen-bond donors (Lipinski definition) is 0. The topological polar surface area (TPSA) is 30.8 Å². The van der Waals surface area contributed by atoms with Crippen LogP contribution in [-0.2, 0) is 9.47 Å². The fourth-order valence-electron chi connectivity index (χ4n) is 5.20. The largest absolute Gasteiger partial charge is 0.461 e. The molecule has 1 heterocycles. The average Bonchev–Trinajstić information content (AvgIpc) is 3.24. The van der Waals surface area contributed by atoms with Crippen LogP contribution in [0.1, 0.15) is 87.5 Å². The van der Waals surface area contributed by atoms with E-state index < -0.39 is 0 Å². The molecule has 0 aromatic carbocycles. The van der Waals surface area contributed by atoms with Gasteiger partial charge in [0.15, 0.2) is 0 Å². The van der Waals surface area contributed by atoms with E-state index in [1.807, 2.05) is 0 Å². The number of aliphatic imine (C=N–C) groups is 1. The lowest BCUT2D eigenvalue weighted by Crippen LogP contribution is -2.19. The molecule has 3 nitrogen and oxygen atoms in total. The van der Waals surface area contributed by atoms with Gasteiger partial charge in [-0.2, -0.15) is 0 Å². The third-order valence-corrected chi connectivity index (χ3v) is 6.69. The maximum atomic E-state index is 6.50. The Morgan fingerprint density at radius 2 is 1.70 bits per heavy atom. The summed E-state index contributed by atoms with van der Waals surface area (Å²) in [6, 6.07) is 0. The van der Waals surface area contributed by atoms with Gasteiger partial charge < -0.3 is 9.47 Å². The van der Waals surface area contributed by atoms with Gasteiger partial charge in [0.05, 0.1) is 5.54 Å². The van der Waals surface area contributed by atoms with Crippen LogP contribution >= 0.6 is 0 Å². The molecule has 3 atom stereocenters. The van der Waals surface area contributed by atoms with E-state index in [1.54, 1.807) is 0 Å². The van der Waals surface area contributed by atoms with E-state index in [0.717, 1.165) is 43.8 Å². The fraction of sp³-hybridized carbons (Fsp3) is 0.792. The van der Waals surface area contributed by atoms with E-state index in [9.17, 15) is 0 Å². The summed E-state index contributed by atoms with van der Waals surface area (Å²) in [4.78, 5) is 4.62. The van der Waals surface area contributed by atoms with E-state index in [1.165, 1.54) is 5.57 Å². The molecule has 0 spiro atoms. The Labute approximate surface area is 167 Å². The van der Waals surface area contributed by atoms with Crippen molar-refractivity contribution >= 4 is 6.72 Å². The minimum Gasteiger partial charge on any atom is -0.461 e. The Kier molecular flexibility index (Phi) is 6.86. The van der Waals surface area contributed by atoms with Gasteiger partial charge in [0, 0.05) is 23.3 Å². The Hall–Kier alpha value is -1.25. The van der Waals surface area contributed by atoms with Crippen LogP contribution in [-0.4, -0.2) is 18.4 Å². The van der Waals surface area contributed by atoms with Gasteiger partial charge in [-0.1, -0.05) is 48.5 Å². The van der Waals surface area contributed by atoms with Crippen molar-refractivity contribution in [2.75, 3.05) is 0 Å². The van der Waals surface area contributed by atoms with Crippen molar-refractivity contribution in [3.8, 4) is 0 Å². The lowest BCUT2D eigenvalue weighted by atomic mass is 9.91. The minimum atomic E-state index is -0.230. The highest BCUT2D eigenvalue weighted by atomic mass is 16.7. The Balaban J connectivity index is 2.50. The predicted molar refractivity (Wildman–Crippen MR) is 115 cm³/mol. The smallest absolute Gasteiger partial charge is 0.286 e. The van der Waals surface area contributed by atoms with Crippen molar-refractivity contribution in [2.24, 2.45) is 28.2 Å². The summed E-state index contributed by atoms with van der Waals surface area (Å²) in [7, 11) is 0. The highest BCUT2D eigenvalue weighted by molar-refractivity contribution is 5.55. The first-order valence-electron chi connectivity index (χ1n) is 11.0. The summed E-state index contributed by atoms with van der Waals surface area (Å²) in [5.41, 5.74) is 1.04. The highest BCUT2D eigenvalue weighted by Crippen LogP contribution is 2.71. The lowest BCUT2D eigenvalue weighted by molar-refractivity contribution is 0.0116. The van der Waals surface area contributed by atoms with Gasteiger partial charge in [-0.05, 0) is 57.2 Å². The molecule has 27 heavy (non-hydrogen) atoms. The first-order valence-corrected chi connectivity index (χ1v) is 11.0. The van der Waals surface area contributed by atoms with E-state index in [0.29, 0.717) is 17.8 Å². The fourth-order valence-corrected chi connectivity index (χ4v) is 5.20. The number of ether oxygens (including phenoxy) is 2. The van der Waals surface area contributed by atoms with Gasteiger partial charge in [-0.15, -0.1) is 0 Å². The summed E-state index contributed by atoms with van der Waals surface area (Å²) in [6.45, 7) is 21.9. The van der Waals surface area contributed by atoms with Crippen LogP contribution < -0.4 is 0 Å². The van der Waals surface area contributed by atoms with Gasteiger partial charge in [-0.3, -0.25) is 4.99 Å². The van der Waals surface area contributed by atoms with Crippen LogP contribution in [0.15, 0.2) is 28.3 Å². The number of hydrogen-bond acceptors (Lipinski definition) is 3. The summed E-state index contributed by atoms with van der Waals surface area (Å²) in [5.74, 6) is 3.33. The van der Waals surface area contributed by atoms with Crippen LogP contribution in [0.5, 0.6) is 0 Å². The molecule has 0 amide bonds. The predicted octanol–water partition coefficient (Wildman–Crippen LogP) is 6.90. The first kappa shape index (κ1) is 22.0.